The Labute approximate surface area is 320 Å². The van der Waals surface area contributed by atoms with Gasteiger partial charge in [-0.3, -0.25) is 4.79 Å². The Morgan fingerprint density at radius 2 is 0.829 bits per heavy atom. The van der Waals surface area contributed by atoms with Crippen molar-refractivity contribution < 1.29 is 155 Å². The second kappa shape index (κ2) is 70.9. The molecule has 0 aliphatic carbocycles. The summed E-state index contributed by atoms with van der Waals surface area (Å²) in [4.78, 5) is 40.9. The molecule has 0 bridgehead atoms. The second-order valence-corrected chi connectivity index (χ2v) is 5.51. The molecule has 202 valence electrons. The maximum atomic E-state index is 10.4. The summed E-state index contributed by atoms with van der Waals surface area (Å²) >= 11 is 0. The van der Waals surface area contributed by atoms with Gasteiger partial charge < -0.3 is 44.8 Å². The first-order chi connectivity index (χ1) is 14.7. The molecule has 0 aliphatic rings. The third-order valence-corrected chi connectivity index (χ3v) is 2.74. The first kappa shape index (κ1) is 66.3. The monoisotopic (exact) mass is 800 g/mol. The van der Waals surface area contributed by atoms with Crippen LogP contribution in [0.5, 0.6) is 0 Å². The van der Waals surface area contributed by atoms with Crippen molar-refractivity contribution in [2.45, 2.75) is 115 Å². The number of carbonyl (C=O) groups excluding carboxylic acids is 4. The molecule has 0 aliphatic heterocycles. The number of esters is 1. The number of hydrogen-bond donors (Lipinski definition) is 0. The van der Waals surface area contributed by atoms with Crippen LogP contribution in [0, 0.1) is 25.7 Å². The minimum absolute atomic E-state index is 0. The topological polar surface area (TPSA) is 77.5 Å². The van der Waals surface area contributed by atoms with Gasteiger partial charge >= 0.3 is 0 Å². The van der Waals surface area contributed by atoms with E-state index in [-0.39, 0.29) is 143 Å². The minimum Gasteiger partial charge on any atom is -0.471 e. The molecule has 0 atom stereocenters. The van der Waals surface area contributed by atoms with Gasteiger partial charge in [0.2, 0.25) is 0 Å². The van der Waals surface area contributed by atoms with Crippen molar-refractivity contribution >= 4 is 23.3 Å². The van der Waals surface area contributed by atoms with Crippen LogP contribution in [0.1, 0.15) is 115 Å². The zero-order valence-corrected chi connectivity index (χ0v) is 36.3. The quantitative estimate of drug-likeness (QED) is 0.173. The van der Waals surface area contributed by atoms with E-state index in [1.807, 2.05) is 88.5 Å². The predicted molar refractivity (Wildman–Crippen MR) is 134 cm³/mol. The van der Waals surface area contributed by atoms with E-state index in [1.165, 1.54) is 7.11 Å². The fourth-order valence-corrected chi connectivity index (χ4v) is 1.28. The van der Waals surface area contributed by atoms with Crippen LogP contribution in [0.15, 0.2) is 0 Å². The Hall–Kier alpha value is 2.90. The Kier molecular flexibility index (Phi) is 134. The van der Waals surface area contributed by atoms with Crippen molar-refractivity contribution in [1.82, 2.24) is 0 Å². The summed E-state index contributed by atoms with van der Waals surface area (Å²) in [5.41, 5.74) is 0. The van der Waals surface area contributed by atoms with E-state index in [0.717, 1.165) is 0 Å². The molecule has 0 N–H and O–H groups in total. The molecule has 0 aromatic heterocycles. The number of Topliss-reactive ketones (excluding diaryl/α,β-unsaturated/α-hetero) is 3. The molecule has 0 saturated carbocycles. The van der Waals surface area contributed by atoms with Gasteiger partial charge in [0.25, 0.3) is 5.97 Å². The summed E-state index contributed by atoms with van der Waals surface area (Å²) < 4.78 is 4.32. The summed E-state index contributed by atoms with van der Waals surface area (Å²) in [5, 5.41) is 0. The van der Waals surface area contributed by atoms with Crippen molar-refractivity contribution in [3.05, 3.63) is 25.7 Å². The standard InChI is InChI=1S/2C6H11O.C5H9O2.C5H9O.2C2H6.4Y/c2*1-3-5-6(7)4-2;1-3-4-5(6)7-2;1-3-4-5(2)6;2*1-2;;;;/h2*3H,4-5H2,1-2H3;3H,4H2,1-2H3;3H,4H2,1-2H3;2*1-2H3;;;;/q4*-1;;;;;;. The Bertz CT molecular complexity index is 338. The summed E-state index contributed by atoms with van der Waals surface area (Å²) in [6.45, 7) is 20.8. The average Bonchev–Trinajstić information content (AvgIpc) is 2.78. The van der Waals surface area contributed by atoms with Crippen LogP contribution < -0.4 is 0 Å². The SMILES string of the molecule is CC.CC.C[CH-]CC(=O)CC.C[CH-]CC(=O)CC.C[CH-]CC(=O)OC.C[CH-]CC(C)=O.[Y].[Y].[Y].[Y]. The van der Waals surface area contributed by atoms with Gasteiger partial charge in [0.15, 0.2) is 0 Å². The molecule has 0 saturated heterocycles. The van der Waals surface area contributed by atoms with Crippen LogP contribution in [0.4, 0.5) is 0 Å². The molecular formula is C26H52O5Y4-4. The summed E-state index contributed by atoms with van der Waals surface area (Å²) in [7, 11) is 1.38. The maximum absolute atomic E-state index is 10.4. The fraction of sp³-hybridized carbons (Fsp3) is 0.692. The van der Waals surface area contributed by atoms with Crippen molar-refractivity contribution in [1.29, 1.82) is 0 Å². The van der Waals surface area contributed by atoms with Gasteiger partial charge in [0.05, 0.1) is 7.11 Å². The van der Waals surface area contributed by atoms with Gasteiger partial charge in [0.1, 0.15) is 17.3 Å². The molecule has 0 unspecified atom stereocenters. The molecule has 0 aromatic rings. The predicted octanol–water partition coefficient (Wildman–Crippen LogP) is 7.17. The Balaban J connectivity index is -0.0000000274. The van der Waals surface area contributed by atoms with E-state index in [9.17, 15) is 19.2 Å². The minimum atomic E-state index is -0.178. The van der Waals surface area contributed by atoms with E-state index in [2.05, 4.69) is 4.74 Å². The van der Waals surface area contributed by atoms with Crippen LogP contribution >= 0.6 is 0 Å². The zero-order chi connectivity index (χ0) is 26.1. The number of ether oxygens (including phenoxy) is 1. The molecule has 0 spiro atoms. The van der Waals surface area contributed by atoms with E-state index < -0.39 is 0 Å². The van der Waals surface area contributed by atoms with Crippen LogP contribution in [0.3, 0.4) is 0 Å². The fourth-order valence-electron chi connectivity index (χ4n) is 1.28. The van der Waals surface area contributed by atoms with Crippen molar-refractivity contribution in [3.8, 4) is 0 Å². The normalized spacial score (nSPS) is 6.97. The number of rotatable bonds is 10. The summed E-state index contributed by atoms with van der Waals surface area (Å²) in [6, 6.07) is 0. The zero-order valence-electron chi connectivity index (χ0n) is 24.9. The number of carbonyl (C=O) groups is 4. The number of methoxy groups -OCH3 is 1. The van der Waals surface area contributed by atoms with Crippen LogP contribution in [-0.4, -0.2) is 30.4 Å². The van der Waals surface area contributed by atoms with E-state index in [1.54, 1.807) is 13.3 Å². The van der Waals surface area contributed by atoms with Crippen LogP contribution in [0.2, 0.25) is 0 Å². The molecule has 0 aromatic carbocycles. The van der Waals surface area contributed by atoms with Crippen LogP contribution in [-0.2, 0) is 155 Å². The largest absolute Gasteiger partial charge is 0.471 e. The summed E-state index contributed by atoms with van der Waals surface area (Å²) in [5.74, 6) is 0.699. The smallest absolute Gasteiger partial charge is 0.275 e. The van der Waals surface area contributed by atoms with Gasteiger partial charge in [-0.05, 0) is 6.92 Å². The molecule has 0 heterocycles. The molecule has 0 rings (SSSR count). The van der Waals surface area contributed by atoms with Crippen LogP contribution in [0.25, 0.3) is 0 Å². The molecule has 35 heavy (non-hydrogen) atoms. The third-order valence-electron chi connectivity index (χ3n) is 2.74. The van der Waals surface area contributed by atoms with Gasteiger partial charge in [0, 0.05) is 144 Å². The summed E-state index contributed by atoms with van der Waals surface area (Å²) in [6.07, 6.45) is 11.0. The number of ketones is 3. The molecule has 4 radical (unpaired) electrons. The first-order valence-electron chi connectivity index (χ1n) is 11.4. The third kappa shape index (κ3) is 103. The number of hydrogen-bond acceptors (Lipinski definition) is 5. The van der Waals surface area contributed by atoms with E-state index >= 15 is 0 Å². The first-order valence-corrected chi connectivity index (χ1v) is 11.4. The van der Waals surface area contributed by atoms with Crippen molar-refractivity contribution in [2.75, 3.05) is 7.11 Å². The second-order valence-electron chi connectivity index (χ2n) is 5.51. The van der Waals surface area contributed by atoms with Gasteiger partial charge in [-0.25, -0.2) is 0 Å². The van der Waals surface area contributed by atoms with Crippen molar-refractivity contribution in [2.24, 2.45) is 0 Å². The molecular weight excluding hydrogens is 748 g/mol. The van der Waals surface area contributed by atoms with Gasteiger partial charge in [-0.2, -0.15) is 27.7 Å². The molecule has 9 heteroatoms. The molecule has 5 nitrogen and oxygen atoms in total. The van der Waals surface area contributed by atoms with Gasteiger partial charge in [-0.15, -0.1) is 19.3 Å². The van der Waals surface area contributed by atoms with E-state index in [0.29, 0.717) is 50.1 Å². The van der Waals surface area contributed by atoms with Gasteiger partial charge in [-0.1, -0.05) is 48.0 Å². The molecule has 0 fully saturated rings. The molecule has 0 amide bonds. The maximum Gasteiger partial charge on any atom is 0.275 e. The Morgan fingerprint density at radius 3 is 0.886 bits per heavy atom. The van der Waals surface area contributed by atoms with E-state index in [4.69, 9.17) is 0 Å². The van der Waals surface area contributed by atoms with Crippen molar-refractivity contribution in [3.63, 3.8) is 0 Å². The average molecular weight is 800 g/mol. The Morgan fingerprint density at radius 1 is 0.571 bits per heavy atom.